The number of aliphatic carboxylic acids is 1. The third-order valence-corrected chi connectivity index (χ3v) is 4.73. The number of nitrogens with zero attached hydrogens (tertiary/aromatic N) is 2. The highest BCUT2D eigenvalue weighted by atomic mass is 16.4. The molecular formula is C17H24N2O3. The van der Waals surface area contributed by atoms with Gasteiger partial charge in [-0.3, -0.25) is 4.79 Å². The quantitative estimate of drug-likeness (QED) is 0.834. The van der Waals surface area contributed by atoms with Crippen molar-refractivity contribution >= 4 is 5.97 Å². The number of aromatic nitrogens is 1. The molecule has 5 nitrogen and oxygen atoms in total. The molecule has 0 radical (unpaired) electrons. The van der Waals surface area contributed by atoms with Gasteiger partial charge in [0.1, 0.15) is 6.04 Å². The van der Waals surface area contributed by atoms with Crippen LogP contribution in [0.1, 0.15) is 37.8 Å². The van der Waals surface area contributed by atoms with Crippen LogP contribution in [0.3, 0.4) is 0 Å². The summed E-state index contributed by atoms with van der Waals surface area (Å²) in [4.78, 5) is 26.0. The first-order chi connectivity index (χ1) is 10.5. The molecule has 1 aromatic heterocycles. The van der Waals surface area contributed by atoms with Gasteiger partial charge in [0, 0.05) is 31.9 Å². The summed E-state index contributed by atoms with van der Waals surface area (Å²) in [5.41, 5.74) is 0.829. The van der Waals surface area contributed by atoms with Crippen LogP contribution in [0.4, 0.5) is 0 Å². The van der Waals surface area contributed by atoms with Crippen LogP contribution < -0.4 is 5.56 Å². The second kappa shape index (κ2) is 6.24. The molecule has 3 rings (SSSR count). The molecule has 1 N–H and O–H groups in total. The minimum Gasteiger partial charge on any atom is -0.480 e. The van der Waals surface area contributed by atoms with Crippen molar-refractivity contribution in [3.63, 3.8) is 0 Å². The summed E-state index contributed by atoms with van der Waals surface area (Å²) in [6, 6.07) is 2.62. The van der Waals surface area contributed by atoms with E-state index in [2.05, 4.69) is 11.8 Å². The molecule has 120 valence electrons. The summed E-state index contributed by atoms with van der Waals surface area (Å²) < 4.78 is 1.43. The van der Waals surface area contributed by atoms with Gasteiger partial charge in [0.25, 0.3) is 5.56 Å². The van der Waals surface area contributed by atoms with E-state index in [9.17, 15) is 14.7 Å². The van der Waals surface area contributed by atoms with Crippen LogP contribution in [-0.2, 0) is 11.2 Å². The van der Waals surface area contributed by atoms with Crippen LogP contribution in [-0.4, -0.2) is 40.2 Å². The zero-order chi connectivity index (χ0) is 15.7. The molecule has 1 unspecified atom stereocenters. The maximum atomic E-state index is 12.1. The van der Waals surface area contributed by atoms with Gasteiger partial charge in [0.2, 0.25) is 0 Å². The topological polar surface area (TPSA) is 62.5 Å². The van der Waals surface area contributed by atoms with Crippen LogP contribution >= 0.6 is 0 Å². The Kier molecular flexibility index (Phi) is 4.34. The van der Waals surface area contributed by atoms with Crippen molar-refractivity contribution < 1.29 is 9.90 Å². The highest BCUT2D eigenvalue weighted by molar-refractivity contribution is 5.71. The lowest BCUT2D eigenvalue weighted by Crippen LogP contribution is -2.45. The van der Waals surface area contributed by atoms with Gasteiger partial charge in [0.15, 0.2) is 0 Å². The smallest absolute Gasteiger partial charge is 0.326 e. The molecule has 1 atom stereocenters. The minimum atomic E-state index is -0.900. The lowest BCUT2D eigenvalue weighted by Gasteiger charge is -2.37. The summed E-state index contributed by atoms with van der Waals surface area (Å²) in [7, 11) is 0. The average Bonchev–Trinajstić information content (AvgIpc) is 3.25. The molecule has 5 heteroatoms. The Labute approximate surface area is 130 Å². The van der Waals surface area contributed by atoms with Crippen LogP contribution in [0.2, 0.25) is 0 Å². The van der Waals surface area contributed by atoms with Crippen molar-refractivity contribution in [2.24, 2.45) is 11.8 Å². The van der Waals surface area contributed by atoms with Crippen molar-refractivity contribution in [1.82, 2.24) is 9.47 Å². The first kappa shape index (κ1) is 15.3. The van der Waals surface area contributed by atoms with Crippen LogP contribution in [0.15, 0.2) is 23.1 Å². The van der Waals surface area contributed by atoms with Gasteiger partial charge in [0.05, 0.1) is 0 Å². The monoisotopic (exact) mass is 304 g/mol. The van der Waals surface area contributed by atoms with Crippen molar-refractivity contribution in [1.29, 1.82) is 0 Å². The number of hydrogen-bond donors (Lipinski definition) is 1. The Morgan fingerprint density at radius 1 is 1.36 bits per heavy atom. The average molecular weight is 304 g/mol. The highest BCUT2D eigenvalue weighted by Gasteiger charge is 2.31. The molecule has 22 heavy (non-hydrogen) atoms. The van der Waals surface area contributed by atoms with E-state index in [-0.39, 0.29) is 5.56 Å². The van der Waals surface area contributed by atoms with Gasteiger partial charge < -0.3 is 14.6 Å². The number of rotatable bonds is 7. The number of carboxylic acids is 1. The fourth-order valence-corrected chi connectivity index (χ4v) is 3.24. The first-order valence-corrected chi connectivity index (χ1v) is 8.19. The predicted octanol–water partition coefficient (Wildman–Crippen LogP) is 1.77. The molecule has 0 aromatic carbocycles. The van der Waals surface area contributed by atoms with E-state index >= 15 is 0 Å². The van der Waals surface area contributed by atoms with Crippen LogP contribution in [0.25, 0.3) is 0 Å². The molecule has 2 heterocycles. The molecule has 1 saturated carbocycles. The number of likely N-dealkylation sites (tertiary alicyclic amines) is 1. The zero-order valence-corrected chi connectivity index (χ0v) is 13.1. The summed E-state index contributed by atoms with van der Waals surface area (Å²) in [6.45, 7) is 5.49. The van der Waals surface area contributed by atoms with Gasteiger partial charge in [-0.2, -0.15) is 0 Å². The van der Waals surface area contributed by atoms with E-state index in [4.69, 9.17) is 0 Å². The summed E-state index contributed by atoms with van der Waals surface area (Å²) in [6.07, 6.45) is 5.37. The Bertz CT molecular complexity index is 600. The van der Waals surface area contributed by atoms with Gasteiger partial charge >= 0.3 is 5.97 Å². The molecule has 0 spiro atoms. The maximum absolute atomic E-state index is 12.1. The molecule has 2 aliphatic rings. The number of carbonyl (C=O) groups is 1. The van der Waals surface area contributed by atoms with Gasteiger partial charge in [-0.05, 0) is 30.2 Å². The molecule has 1 aliphatic heterocycles. The van der Waals surface area contributed by atoms with Gasteiger partial charge in [-0.1, -0.05) is 25.8 Å². The Morgan fingerprint density at radius 2 is 2.09 bits per heavy atom. The number of hydrogen-bond acceptors (Lipinski definition) is 3. The third-order valence-electron chi connectivity index (χ3n) is 4.73. The minimum absolute atomic E-state index is 0.214. The first-order valence-electron chi connectivity index (χ1n) is 8.19. The normalized spacial score (nSPS) is 20.6. The van der Waals surface area contributed by atoms with Crippen molar-refractivity contribution in [3.05, 3.63) is 34.2 Å². The fourth-order valence-electron chi connectivity index (χ4n) is 3.24. The Morgan fingerprint density at radius 3 is 2.68 bits per heavy atom. The third kappa shape index (κ3) is 3.58. The van der Waals surface area contributed by atoms with Crippen LogP contribution in [0, 0.1) is 11.8 Å². The summed E-state index contributed by atoms with van der Waals surface area (Å²) >= 11 is 0. The Hall–Kier alpha value is -1.62. The van der Waals surface area contributed by atoms with E-state index in [1.165, 1.54) is 10.6 Å². The maximum Gasteiger partial charge on any atom is 0.326 e. The lowest BCUT2D eigenvalue weighted by atomic mass is 10.0. The molecule has 0 amide bonds. The standard InChI is InChI=1S/C17H24N2O3/c1-12-9-18(10-12)7-6-14-4-5-16(20)19(11-14)15(17(21)22)8-13-2-3-13/h4-5,11-13,15H,2-3,6-10H2,1H3,(H,21,22). The second-order valence-electron chi connectivity index (χ2n) is 6.93. The van der Waals surface area contributed by atoms with Gasteiger partial charge in [-0.15, -0.1) is 0 Å². The molecule has 1 aliphatic carbocycles. The SMILES string of the molecule is CC1CN(CCc2ccc(=O)n(C(CC3CC3)C(=O)O)c2)C1. The second-order valence-corrected chi connectivity index (χ2v) is 6.93. The molecule has 2 fully saturated rings. The zero-order valence-electron chi connectivity index (χ0n) is 13.1. The predicted molar refractivity (Wildman–Crippen MR) is 84.0 cm³/mol. The van der Waals surface area contributed by atoms with Crippen molar-refractivity contribution in [3.8, 4) is 0 Å². The van der Waals surface area contributed by atoms with Gasteiger partial charge in [-0.25, -0.2) is 4.79 Å². The number of pyridine rings is 1. The fraction of sp³-hybridized carbons (Fsp3) is 0.647. The van der Waals surface area contributed by atoms with Crippen molar-refractivity contribution in [2.45, 2.75) is 38.6 Å². The van der Waals surface area contributed by atoms with E-state index in [0.29, 0.717) is 12.3 Å². The van der Waals surface area contributed by atoms with E-state index in [1.54, 1.807) is 6.20 Å². The Balaban J connectivity index is 1.70. The number of carboxylic acid groups (broad SMARTS) is 1. The molecule has 0 bridgehead atoms. The van der Waals surface area contributed by atoms with Crippen LogP contribution in [0.5, 0.6) is 0 Å². The summed E-state index contributed by atoms with van der Waals surface area (Å²) in [5, 5.41) is 9.45. The van der Waals surface area contributed by atoms with E-state index < -0.39 is 12.0 Å². The molecular weight excluding hydrogens is 280 g/mol. The lowest BCUT2D eigenvalue weighted by molar-refractivity contribution is -0.141. The largest absolute Gasteiger partial charge is 0.480 e. The molecule has 1 aromatic rings. The molecule has 1 saturated heterocycles. The van der Waals surface area contributed by atoms with E-state index in [1.807, 2.05) is 6.07 Å². The van der Waals surface area contributed by atoms with E-state index in [0.717, 1.165) is 50.4 Å². The van der Waals surface area contributed by atoms with Crippen molar-refractivity contribution in [2.75, 3.05) is 19.6 Å². The summed E-state index contributed by atoms with van der Waals surface area (Å²) in [5.74, 6) is 0.353. The highest BCUT2D eigenvalue weighted by Crippen LogP contribution is 2.36.